The molecule has 1 fully saturated rings. The van der Waals surface area contributed by atoms with Crippen molar-refractivity contribution in [1.29, 1.82) is 0 Å². The molecule has 0 aliphatic carbocycles. The van der Waals surface area contributed by atoms with E-state index < -0.39 is 39.0 Å². The molecule has 11 heteroatoms. The maximum atomic E-state index is 14.3. The van der Waals surface area contributed by atoms with Crippen molar-refractivity contribution in [3.8, 4) is 5.75 Å². The summed E-state index contributed by atoms with van der Waals surface area (Å²) in [5, 5.41) is -0.0631. The SMILES string of the molecule is CC(C)(C)OC(=O)N1CCC[C@@H]1COc1cc(F)c(C(=O)NS(C)(=O)=O)cc1Cl. The zero-order valence-corrected chi connectivity index (χ0v) is 18.2. The van der Waals surface area contributed by atoms with Crippen LogP contribution in [0.15, 0.2) is 12.1 Å². The van der Waals surface area contributed by atoms with Gasteiger partial charge in [0.2, 0.25) is 10.0 Å². The van der Waals surface area contributed by atoms with Gasteiger partial charge in [-0.15, -0.1) is 0 Å². The summed E-state index contributed by atoms with van der Waals surface area (Å²) in [7, 11) is -3.85. The monoisotopic (exact) mass is 450 g/mol. The minimum absolute atomic E-state index is 0.0175. The van der Waals surface area contributed by atoms with Crippen molar-refractivity contribution < 1.29 is 31.9 Å². The van der Waals surface area contributed by atoms with E-state index in [1.165, 1.54) is 0 Å². The molecule has 1 aromatic carbocycles. The number of amides is 2. The number of ether oxygens (including phenoxy) is 2. The number of nitrogens with one attached hydrogen (secondary N) is 1. The van der Waals surface area contributed by atoms with Gasteiger partial charge >= 0.3 is 6.09 Å². The molecule has 0 spiro atoms. The molecule has 1 aliphatic heterocycles. The lowest BCUT2D eigenvalue weighted by molar-refractivity contribution is 0.0187. The molecule has 2 amide bonds. The molecule has 0 saturated carbocycles. The molecule has 2 rings (SSSR count). The lowest BCUT2D eigenvalue weighted by Gasteiger charge is -2.28. The topological polar surface area (TPSA) is 102 Å². The number of hydrogen-bond donors (Lipinski definition) is 1. The summed E-state index contributed by atoms with van der Waals surface area (Å²) in [6, 6.07) is 1.64. The molecule has 0 radical (unpaired) electrons. The van der Waals surface area contributed by atoms with E-state index in [0.717, 1.165) is 24.8 Å². The maximum Gasteiger partial charge on any atom is 0.410 e. The highest BCUT2D eigenvalue weighted by atomic mass is 35.5. The second-order valence-electron chi connectivity index (χ2n) is 7.75. The quantitative estimate of drug-likeness (QED) is 0.740. The molecule has 1 N–H and O–H groups in total. The van der Waals surface area contributed by atoms with E-state index in [2.05, 4.69) is 0 Å². The Morgan fingerprint density at radius 2 is 2.00 bits per heavy atom. The Labute approximate surface area is 174 Å². The summed E-state index contributed by atoms with van der Waals surface area (Å²) < 4.78 is 49.2. The molecule has 1 heterocycles. The molecule has 1 aliphatic rings. The van der Waals surface area contributed by atoms with Gasteiger partial charge in [0.1, 0.15) is 23.8 Å². The van der Waals surface area contributed by atoms with Gasteiger partial charge < -0.3 is 14.4 Å². The molecule has 0 unspecified atom stereocenters. The van der Waals surface area contributed by atoms with Crippen LogP contribution in [0.25, 0.3) is 0 Å². The van der Waals surface area contributed by atoms with Crippen molar-refractivity contribution in [2.24, 2.45) is 0 Å². The van der Waals surface area contributed by atoms with E-state index in [4.69, 9.17) is 21.1 Å². The fraction of sp³-hybridized carbons (Fsp3) is 0.556. The Bertz CT molecular complexity index is 900. The minimum Gasteiger partial charge on any atom is -0.490 e. The normalized spacial score (nSPS) is 17.2. The van der Waals surface area contributed by atoms with Crippen molar-refractivity contribution >= 4 is 33.6 Å². The van der Waals surface area contributed by atoms with Crippen molar-refractivity contribution in [3.63, 3.8) is 0 Å². The second-order valence-corrected chi connectivity index (χ2v) is 9.90. The van der Waals surface area contributed by atoms with Crippen molar-refractivity contribution in [3.05, 3.63) is 28.5 Å². The minimum atomic E-state index is -3.85. The van der Waals surface area contributed by atoms with E-state index in [0.29, 0.717) is 13.0 Å². The summed E-state index contributed by atoms with van der Waals surface area (Å²) >= 11 is 6.06. The van der Waals surface area contributed by atoms with Gasteiger partial charge in [-0.1, -0.05) is 11.6 Å². The molecule has 1 atom stereocenters. The van der Waals surface area contributed by atoms with Gasteiger partial charge in [-0.05, 0) is 39.7 Å². The zero-order chi connectivity index (χ0) is 22.0. The fourth-order valence-electron chi connectivity index (χ4n) is 2.79. The summed E-state index contributed by atoms with van der Waals surface area (Å²) in [5.41, 5.74) is -1.15. The smallest absolute Gasteiger partial charge is 0.410 e. The second kappa shape index (κ2) is 8.74. The maximum absolute atomic E-state index is 14.3. The number of benzene rings is 1. The third-order valence-corrected chi connectivity index (χ3v) is 4.83. The number of nitrogens with zero attached hydrogens (tertiary/aromatic N) is 1. The average molecular weight is 451 g/mol. The number of carbonyl (C=O) groups is 2. The van der Waals surface area contributed by atoms with Crippen molar-refractivity contribution in [2.45, 2.75) is 45.3 Å². The summed E-state index contributed by atoms with van der Waals surface area (Å²) in [4.78, 5) is 25.7. The molecule has 1 saturated heterocycles. The van der Waals surface area contributed by atoms with Gasteiger partial charge in [-0.2, -0.15) is 0 Å². The largest absolute Gasteiger partial charge is 0.490 e. The van der Waals surface area contributed by atoms with Crippen LogP contribution in [0.2, 0.25) is 5.02 Å². The first kappa shape index (κ1) is 23.2. The Kier molecular flexibility index (Phi) is 7.00. The molecular formula is C18H24ClFN2O6S. The van der Waals surface area contributed by atoms with Crippen LogP contribution in [-0.4, -0.2) is 56.4 Å². The molecule has 162 valence electrons. The van der Waals surface area contributed by atoms with E-state index in [9.17, 15) is 22.4 Å². The van der Waals surface area contributed by atoms with E-state index in [1.54, 1.807) is 30.4 Å². The predicted octanol–water partition coefficient (Wildman–Crippen LogP) is 2.95. The first-order chi connectivity index (χ1) is 13.3. The highest BCUT2D eigenvalue weighted by Gasteiger charge is 2.33. The van der Waals surface area contributed by atoms with Crippen LogP contribution in [0.5, 0.6) is 5.75 Å². The number of carbonyl (C=O) groups excluding carboxylic acids is 2. The van der Waals surface area contributed by atoms with Gasteiger partial charge in [-0.25, -0.2) is 22.3 Å². The lowest BCUT2D eigenvalue weighted by Crippen LogP contribution is -2.42. The van der Waals surface area contributed by atoms with Gasteiger partial charge in [0.05, 0.1) is 22.9 Å². The standard InChI is InChI=1S/C18H24ClFN2O6S/c1-18(2,3)28-17(24)22-7-5-6-11(22)10-27-15-9-14(20)12(8-13(15)19)16(23)21-29(4,25)26/h8-9,11H,5-7,10H2,1-4H3,(H,21,23)/t11-/m1/s1. The van der Waals surface area contributed by atoms with Crippen molar-refractivity contribution in [2.75, 3.05) is 19.4 Å². The van der Waals surface area contributed by atoms with E-state index in [1.807, 2.05) is 0 Å². The van der Waals surface area contributed by atoms with Crippen LogP contribution in [0.3, 0.4) is 0 Å². The highest BCUT2D eigenvalue weighted by molar-refractivity contribution is 7.89. The third-order valence-electron chi connectivity index (χ3n) is 3.98. The number of sulfonamides is 1. The van der Waals surface area contributed by atoms with Gasteiger partial charge in [0.25, 0.3) is 5.91 Å². The Morgan fingerprint density at radius 1 is 1.34 bits per heavy atom. The molecular weight excluding hydrogens is 427 g/mol. The zero-order valence-electron chi connectivity index (χ0n) is 16.6. The third kappa shape index (κ3) is 6.74. The molecule has 29 heavy (non-hydrogen) atoms. The Hall–Kier alpha value is -2.07. The van der Waals surface area contributed by atoms with Crippen LogP contribution in [0.1, 0.15) is 44.0 Å². The number of rotatable bonds is 5. The number of hydrogen-bond acceptors (Lipinski definition) is 6. The summed E-state index contributed by atoms with van der Waals surface area (Å²) in [6.45, 7) is 5.91. The molecule has 8 nitrogen and oxygen atoms in total. The number of likely N-dealkylation sites (tertiary alicyclic amines) is 1. The van der Waals surface area contributed by atoms with Crippen LogP contribution in [0.4, 0.5) is 9.18 Å². The van der Waals surface area contributed by atoms with Crippen LogP contribution in [-0.2, 0) is 14.8 Å². The molecule has 0 aromatic heterocycles. The number of halogens is 2. The first-order valence-electron chi connectivity index (χ1n) is 8.90. The van der Waals surface area contributed by atoms with E-state index in [-0.39, 0.29) is 23.4 Å². The summed E-state index contributed by atoms with van der Waals surface area (Å²) in [5.74, 6) is -2.14. The van der Waals surface area contributed by atoms with Gasteiger partial charge in [0.15, 0.2) is 0 Å². The Morgan fingerprint density at radius 3 is 2.59 bits per heavy atom. The van der Waals surface area contributed by atoms with Gasteiger partial charge in [-0.3, -0.25) is 4.79 Å². The first-order valence-corrected chi connectivity index (χ1v) is 11.2. The van der Waals surface area contributed by atoms with Crippen LogP contribution in [0, 0.1) is 5.82 Å². The van der Waals surface area contributed by atoms with Crippen LogP contribution >= 0.6 is 11.6 Å². The van der Waals surface area contributed by atoms with E-state index >= 15 is 0 Å². The fourth-order valence-corrected chi connectivity index (χ4v) is 3.46. The lowest BCUT2D eigenvalue weighted by atomic mass is 10.2. The van der Waals surface area contributed by atoms with Gasteiger partial charge in [0, 0.05) is 12.6 Å². The highest BCUT2D eigenvalue weighted by Crippen LogP contribution is 2.29. The summed E-state index contributed by atoms with van der Waals surface area (Å²) in [6.07, 6.45) is 1.79. The van der Waals surface area contributed by atoms with Crippen molar-refractivity contribution in [1.82, 2.24) is 9.62 Å². The molecule has 0 bridgehead atoms. The van der Waals surface area contributed by atoms with Crippen LogP contribution < -0.4 is 9.46 Å². The average Bonchev–Trinajstić information content (AvgIpc) is 3.00. The molecule has 1 aromatic rings. The Balaban J connectivity index is 2.08. The predicted molar refractivity (Wildman–Crippen MR) is 105 cm³/mol.